The van der Waals surface area contributed by atoms with Crippen molar-refractivity contribution in [2.75, 3.05) is 7.11 Å². The van der Waals surface area contributed by atoms with E-state index >= 15 is 0 Å². The number of rotatable bonds is 1. The highest BCUT2D eigenvalue weighted by atomic mass is 16.5. The molecular weight excluding hydrogens is 176 g/mol. The fraction of sp³-hybridized carbons (Fsp3) is 0.182. The zero-order chi connectivity index (χ0) is 10.1. The van der Waals surface area contributed by atoms with Crippen molar-refractivity contribution in [2.45, 2.75) is 0 Å². The second kappa shape index (κ2) is 3.08. The van der Waals surface area contributed by atoms with Crippen LogP contribution in [0, 0.1) is 11.3 Å². The summed E-state index contributed by atoms with van der Waals surface area (Å²) in [4.78, 5) is 0. The quantitative estimate of drug-likeness (QED) is 0.683. The fourth-order valence-corrected chi connectivity index (χ4v) is 1.55. The number of methoxy groups -OCH3 is 1. The van der Waals surface area contributed by atoms with Crippen LogP contribution in [0.2, 0.25) is 0 Å². The minimum atomic E-state index is 0.571. The summed E-state index contributed by atoms with van der Waals surface area (Å²) in [6.45, 7) is 0. The van der Waals surface area contributed by atoms with Crippen LogP contribution >= 0.6 is 0 Å². The van der Waals surface area contributed by atoms with Crippen molar-refractivity contribution in [1.29, 1.82) is 5.26 Å². The maximum atomic E-state index is 8.90. The number of hydrogen-bond donors (Lipinski definition) is 0. The largest absolute Gasteiger partial charge is 0.495 e. The summed E-state index contributed by atoms with van der Waals surface area (Å²) < 4.78 is 7.10. The minimum absolute atomic E-state index is 0.571. The molecule has 0 aliphatic carbocycles. The van der Waals surface area contributed by atoms with Crippen LogP contribution in [0.4, 0.5) is 0 Å². The Balaban J connectivity index is 2.79. The molecule has 0 amide bonds. The first kappa shape index (κ1) is 8.64. The highest BCUT2D eigenvalue weighted by molar-refractivity contribution is 5.83. The number of ether oxygens (including phenoxy) is 1. The second-order valence-electron chi connectivity index (χ2n) is 3.15. The van der Waals surface area contributed by atoms with E-state index in [1.807, 2.05) is 36.0 Å². The molecule has 0 radical (unpaired) electrons. The first-order valence-electron chi connectivity index (χ1n) is 4.29. The Labute approximate surface area is 82.1 Å². The molecule has 0 fully saturated rings. The van der Waals surface area contributed by atoms with Crippen molar-refractivity contribution in [3.8, 4) is 11.8 Å². The lowest BCUT2D eigenvalue weighted by molar-refractivity contribution is 0.414. The van der Waals surface area contributed by atoms with Gasteiger partial charge in [-0.1, -0.05) is 0 Å². The first-order chi connectivity index (χ1) is 6.76. The van der Waals surface area contributed by atoms with Crippen LogP contribution < -0.4 is 4.74 Å². The van der Waals surface area contributed by atoms with E-state index in [1.54, 1.807) is 7.11 Å². The molecule has 3 heteroatoms. The highest BCUT2D eigenvalue weighted by Crippen LogP contribution is 2.25. The third-order valence-corrected chi connectivity index (χ3v) is 2.33. The van der Waals surface area contributed by atoms with Crippen molar-refractivity contribution in [1.82, 2.24) is 4.57 Å². The molecule has 0 saturated carbocycles. The maximum Gasteiger partial charge on any atom is 0.137 e. The molecule has 14 heavy (non-hydrogen) atoms. The van der Waals surface area contributed by atoms with Gasteiger partial charge in [0.2, 0.25) is 0 Å². The summed E-state index contributed by atoms with van der Waals surface area (Å²) in [7, 11) is 3.53. The van der Waals surface area contributed by atoms with Gasteiger partial charge >= 0.3 is 0 Å². The molecule has 2 rings (SSSR count). The highest BCUT2D eigenvalue weighted by Gasteiger charge is 2.06. The molecule has 0 aliphatic heterocycles. The zero-order valence-corrected chi connectivity index (χ0v) is 8.11. The molecule has 0 saturated heterocycles. The van der Waals surface area contributed by atoms with E-state index in [4.69, 9.17) is 10.00 Å². The van der Waals surface area contributed by atoms with Crippen molar-refractivity contribution in [3.05, 3.63) is 30.0 Å². The molecule has 1 aromatic carbocycles. The summed E-state index contributed by atoms with van der Waals surface area (Å²) in [5, 5.41) is 9.98. The van der Waals surface area contributed by atoms with E-state index in [0.717, 1.165) is 10.9 Å². The van der Waals surface area contributed by atoms with Gasteiger partial charge in [0.15, 0.2) is 0 Å². The Morgan fingerprint density at radius 3 is 2.86 bits per heavy atom. The molecule has 1 aromatic heterocycles. The first-order valence-corrected chi connectivity index (χ1v) is 4.29. The lowest BCUT2D eigenvalue weighted by atomic mass is 10.1. The van der Waals surface area contributed by atoms with Gasteiger partial charge in [-0.2, -0.15) is 5.26 Å². The summed E-state index contributed by atoms with van der Waals surface area (Å²) in [5.74, 6) is 0.631. The van der Waals surface area contributed by atoms with Crippen LogP contribution in [0.1, 0.15) is 5.56 Å². The average molecular weight is 186 g/mol. The van der Waals surface area contributed by atoms with E-state index < -0.39 is 0 Å². The molecular formula is C11H10N2O. The predicted octanol–water partition coefficient (Wildman–Crippen LogP) is 2.06. The van der Waals surface area contributed by atoms with Crippen LogP contribution in [0.25, 0.3) is 10.9 Å². The molecule has 2 aromatic rings. The Bertz CT molecular complexity index is 520. The smallest absolute Gasteiger partial charge is 0.137 e. The van der Waals surface area contributed by atoms with Gasteiger partial charge in [0.1, 0.15) is 11.8 Å². The number of nitrogens with zero attached hydrogens (tertiary/aromatic N) is 2. The summed E-state index contributed by atoms with van der Waals surface area (Å²) in [6.07, 6.45) is 1.96. The maximum absolute atomic E-state index is 8.90. The average Bonchev–Trinajstić information content (AvgIpc) is 2.58. The monoisotopic (exact) mass is 186 g/mol. The molecule has 0 bridgehead atoms. The number of nitriles is 1. The van der Waals surface area contributed by atoms with Gasteiger partial charge in [-0.05, 0) is 18.2 Å². The van der Waals surface area contributed by atoms with Crippen LogP contribution in [0.15, 0.2) is 24.4 Å². The molecule has 0 spiro atoms. The Hall–Kier alpha value is -1.95. The number of aryl methyl sites for hydroxylation is 1. The van der Waals surface area contributed by atoms with Crippen LogP contribution in [0.5, 0.6) is 5.75 Å². The van der Waals surface area contributed by atoms with E-state index in [2.05, 4.69) is 6.07 Å². The van der Waals surface area contributed by atoms with Crippen molar-refractivity contribution in [2.24, 2.45) is 7.05 Å². The third kappa shape index (κ3) is 1.12. The SMILES string of the molecule is COc1cc2ccn(C)c2cc1C#N. The zero-order valence-electron chi connectivity index (χ0n) is 8.11. The lowest BCUT2D eigenvalue weighted by Crippen LogP contribution is -1.90. The van der Waals surface area contributed by atoms with Gasteiger partial charge in [0, 0.05) is 24.1 Å². The topological polar surface area (TPSA) is 38.0 Å². The van der Waals surface area contributed by atoms with Gasteiger partial charge < -0.3 is 9.30 Å². The van der Waals surface area contributed by atoms with E-state index in [1.165, 1.54) is 0 Å². The Morgan fingerprint density at radius 2 is 2.21 bits per heavy atom. The Morgan fingerprint density at radius 1 is 1.43 bits per heavy atom. The molecule has 3 nitrogen and oxygen atoms in total. The minimum Gasteiger partial charge on any atom is -0.495 e. The van der Waals surface area contributed by atoms with Crippen molar-refractivity contribution >= 4 is 10.9 Å². The normalized spacial score (nSPS) is 10.1. The van der Waals surface area contributed by atoms with Gasteiger partial charge in [0.25, 0.3) is 0 Å². The lowest BCUT2D eigenvalue weighted by Gasteiger charge is -2.03. The summed E-state index contributed by atoms with van der Waals surface area (Å²) >= 11 is 0. The molecule has 0 unspecified atom stereocenters. The fourth-order valence-electron chi connectivity index (χ4n) is 1.55. The molecule has 0 N–H and O–H groups in total. The van der Waals surface area contributed by atoms with Gasteiger partial charge in [0.05, 0.1) is 12.7 Å². The number of benzene rings is 1. The van der Waals surface area contributed by atoms with Crippen LogP contribution in [-0.2, 0) is 7.05 Å². The summed E-state index contributed by atoms with van der Waals surface area (Å²) in [5.41, 5.74) is 1.61. The van der Waals surface area contributed by atoms with E-state index in [-0.39, 0.29) is 0 Å². The van der Waals surface area contributed by atoms with Gasteiger partial charge in [-0.15, -0.1) is 0 Å². The van der Waals surface area contributed by atoms with Crippen LogP contribution in [0.3, 0.4) is 0 Å². The van der Waals surface area contributed by atoms with Crippen molar-refractivity contribution < 1.29 is 4.74 Å². The van der Waals surface area contributed by atoms with E-state index in [0.29, 0.717) is 11.3 Å². The van der Waals surface area contributed by atoms with Crippen molar-refractivity contribution in [3.63, 3.8) is 0 Å². The second-order valence-corrected chi connectivity index (χ2v) is 3.15. The summed E-state index contributed by atoms with van der Waals surface area (Å²) in [6, 6.07) is 7.84. The van der Waals surface area contributed by atoms with Gasteiger partial charge in [-0.3, -0.25) is 0 Å². The van der Waals surface area contributed by atoms with Gasteiger partial charge in [-0.25, -0.2) is 0 Å². The third-order valence-electron chi connectivity index (χ3n) is 2.33. The molecule has 70 valence electrons. The molecule has 0 aliphatic rings. The number of fused-ring (bicyclic) bond motifs is 1. The predicted molar refractivity (Wildman–Crippen MR) is 54.2 cm³/mol. The standard InChI is InChI=1S/C11H10N2O/c1-13-4-3-8-6-11(14-2)9(7-12)5-10(8)13/h3-6H,1-2H3. The number of hydrogen-bond acceptors (Lipinski definition) is 2. The number of aromatic nitrogens is 1. The van der Waals surface area contributed by atoms with E-state index in [9.17, 15) is 0 Å². The molecule has 1 heterocycles. The molecule has 0 atom stereocenters. The van der Waals surface area contributed by atoms with Crippen LogP contribution in [-0.4, -0.2) is 11.7 Å². The Kier molecular flexibility index (Phi) is 1.90.